The van der Waals surface area contributed by atoms with Gasteiger partial charge in [-0.05, 0) is 37.3 Å². The van der Waals surface area contributed by atoms with E-state index in [-0.39, 0.29) is 6.61 Å². The van der Waals surface area contributed by atoms with Crippen LogP contribution in [0.4, 0.5) is 0 Å². The highest BCUT2D eigenvalue weighted by Gasteiger charge is 2.16. The number of ether oxygens (including phenoxy) is 2. The van der Waals surface area contributed by atoms with Gasteiger partial charge in [0.1, 0.15) is 11.3 Å². The molecule has 0 aliphatic carbocycles. The van der Waals surface area contributed by atoms with Crippen molar-refractivity contribution in [1.82, 2.24) is 15.1 Å². The van der Waals surface area contributed by atoms with Crippen LogP contribution < -0.4 is 9.47 Å². The fourth-order valence-corrected chi connectivity index (χ4v) is 3.38. The predicted molar refractivity (Wildman–Crippen MR) is 107 cm³/mol. The van der Waals surface area contributed by atoms with Gasteiger partial charge in [-0.1, -0.05) is 40.5 Å². The lowest BCUT2D eigenvalue weighted by Gasteiger charge is -2.11. The van der Waals surface area contributed by atoms with E-state index in [9.17, 15) is 0 Å². The van der Waals surface area contributed by atoms with Crippen LogP contribution in [0.5, 0.6) is 11.5 Å². The zero-order chi connectivity index (χ0) is 19.7. The number of hydrogen-bond donors (Lipinski definition) is 0. The third kappa shape index (κ3) is 3.48. The van der Waals surface area contributed by atoms with E-state index in [4.69, 9.17) is 37.2 Å². The molecule has 2 aromatic heterocycles. The van der Waals surface area contributed by atoms with Crippen LogP contribution in [0, 0.1) is 6.92 Å². The first-order valence-electron chi connectivity index (χ1n) is 8.41. The molecule has 0 aliphatic heterocycles. The summed E-state index contributed by atoms with van der Waals surface area (Å²) in [5.41, 5.74) is 2.14. The highest BCUT2D eigenvalue weighted by atomic mass is 35.5. The number of methoxy groups -OCH3 is 1. The third-order valence-electron chi connectivity index (χ3n) is 4.13. The molecule has 0 atom stereocenters. The molecule has 142 valence electrons. The highest BCUT2D eigenvalue weighted by Crippen LogP contribution is 2.37. The molecule has 0 saturated heterocycles. The van der Waals surface area contributed by atoms with E-state index in [2.05, 4.69) is 15.1 Å². The Labute approximate surface area is 171 Å². The van der Waals surface area contributed by atoms with E-state index in [0.29, 0.717) is 38.8 Å². The van der Waals surface area contributed by atoms with Crippen molar-refractivity contribution in [2.24, 2.45) is 0 Å². The molecule has 2 heterocycles. The number of rotatable bonds is 5. The van der Waals surface area contributed by atoms with Crippen molar-refractivity contribution >= 4 is 34.1 Å². The summed E-state index contributed by atoms with van der Waals surface area (Å²) in [6.07, 6.45) is 0. The fraction of sp³-hybridized carbons (Fsp3) is 0.150. The van der Waals surface area contributed by atoms with Gasteiger partial charge in [-0.3, -0.25) is 0 Å². The summed E-state index contributed by atoms with van der Waals surface area (Å²) in [6, 6.07) is 12.8. The van der Waals surface area contributed by atoms with Gasteiger partial charge in [-0.15, -0.1) is 0 Å². The number of para-hydroxylation sites is 1. The molecule has 0 spiro atoms. The number of fused-ring (bicyclic) bond motifs is 1. The van der Waals surface area contributed by atoms with Gasteiger partial charge in [0.2, 0.25) is 5.82 Å². The quantitative estimate of drug-likeness (QED) is 0.429. The topological polar surface area (TPSA) is 70.3 Å². The van der Waals surface area contributed by atoms with Crippen molar-refractivity contribution in [3.05, 3.63) is 64.1 Å². The van der Waals surface area contributed by atoms with Gasteiger partial charge < -0.3 is 14.0 Å². The molecule has 4 rings (SSSR count). The first-order valence-corrected chi connectivity index (χ1v) is 9.16. The van der Waals surface area contributed by atoms with Gasteiger partial charge in [0.25, 0.3) is 5.89 Å². The molecule has 2 aromatic carbocycles. The van der Waals surface area contributed by atoms with Gasteiger partial charge in [0.05, 0.1) is 22.7 Å². The Morgan fingerprint density at radius 2 is 1.86 bits per heavy atom. The van der Waals surface area contributed by atoms with Crippen LogP contribution in [0.3, 0.4) is 0 Å². The van der Waals surface area contributed by atoms with Crippen molar-refractivity contribution in [2.45, 2.75) is 13.5 Å². The van der Waals surface area contributed by atoms with E-state index in [1.165, 1.54) is 0 Å². The van der Waals surface area contributed by atoms with E-state index < -0.39 is 0 Å². The fourth-order valence-electron chi connectivity index (χ4n) is 2.81. The summed E-state index contributed by atoms with van der Waals surface area (Å²) in [7, 11) is 1.59. The molecule has 0 amide bonds. The van der Waals surface area contributed by atoms with Gasteiger partial charge in [0, 0.05) is 11.1 Å². The Bertz CT molecular complexity index is 1160. The monoisotopic (exact) mass is 415 g/mol. The number of nitrogens with zero attached hydrogens (tertiary/aromatic N) is 3. The minimum absolute atomic E-state index is 0.0359. The van der Waals surface area contributed by atoms with Crippen LogP contribution in [0.2, 0.25) is 10.0 Å². The normalized spacial score (nSPS) is 11.0. The van der Waals surface area contributed by atoms with Crippen molar-refractivity contribution in [1.29, 1.82) is 0 Å². The molecular weight excluding hydrogens is 401 g/mol. The number of aromatic nitrogens is 3. The number of halogens is 2. The van der Waals surface area contributed by atoms with Crippen LogP contribution in [0.25, 0.3) is 22.3 Å². The lowest BCUT2D eigenvalue weighted by molar-refractivity contribution is 0.245. The summed E-state index contributed by atoms with van der Waals surface area (Å²) in [5, 5.41) is 5.63. The Hall–Kier alpha value is -2.83. The molecule has 0 aliphatic rings. The second kappa shape index (κ2) is 7.66. The first-order chi connectivity index (χ1) is 13.6. The molecule has 0 fully saturated rings. The average molecular weight is 416 g/mol. The maximum atomic E-state index is 6.34. The van der Waals surface area contributed by atoms with Gasteiger partial charge in [-0.25, -0.2) is 4.98 Å². The minimum atomic E-state index is 0.0359. The van der Waals surface area contributed by atoms with Crippen LogP contribution in [-0.4, -0.2) is 22.2 Å². The zero-order valence-electron chi connectivity index (χ0n) is 15.1. The van der Waals surface area contributed by atoms with Crippen LogP contribution in [0.15, 0.2) is 47.0 Å². The minimum Gasteiger partial charge on any atom is -0.496 e. The SMILES string of the molecule is COc1ccccc1-c1noc(COc2c(Cl)cc(Cl)c3ccc(C)nc23)n1. The summed E-state index contributed by atoms with van der Waals surface area (Å²) >= 11 is 12.6. The highest BCUT2D eigenvalue weighted by molar-refractivity contribution is 6.39. The lowest BCUT2D eigenvalue weighted by Crippen LogP contribution is -1.99. The molecule has 0 unspecified atom stereocenters. The number of pyridine rings is 1. The molecule has 0 radical (unpaired) electrons. The van der Waals surface area contributed by atoms with E-state index in [0.717, 1.165) is 16.6 Å². The van der Waals surface area contributed by atoms with Crippen molar-refractivity contribution in [3.8, 4) is 22.9 Å². The smallest absolute Gasteiger partial charge is 0.264 e. The number of aryl methyl sites for hydroxylation is 1. The predicted octanol–water partition coefficient (Wildman–Crippen LogP) is 5.49. The maximum absolute atomic E-state index is 6.34. The standard InChI is InChI=1S/C20H15Cl2N3O3/c1-11-7-8-12-14(21)9-15(22)19(18(12)23-11)27-10-17-24-20(25-28-17)13-5-3-4-6-16(13)26-2/h3-9H,10H2,1-2H3. The molecule has 0 bridgehead atoms. The molecule has 0 N–H and O–H groups in total. The Kier molecular flexibility index (Phi) is 5.07. The molecule has 4 aromatic rings. The van der Waals surface area contributed by atoms with E-state index in [1.807, 2.05) is 43.3 Å². The molecule has 28 heavy (non-hydrogen) atoms. The van der Waals surface area contributed by atoms with Crippen molar-refractivity contribution in [2.75, 3.05) is 7.11 Å². The van der Waals surface area contributed by atoms with Crippen LogP contribution in [0.1, 0.15) is 11.6 Å². The molecule has 8 heteroatoms. The van der Waals surface area contributed by atoms with E-state index in [1.54, 1.807) is 13.2 Å². The van der Waals surface area contributed by atoms with Gasteiger partial charge in [-0.2, -0.15) is 4.98 Å². The molecule has 0 saturated carbocycles. The summed E-state index contributed by atoms with van der Waals surface area (Å²) in [5.74, 6) is 1.79. The first kappa shape index (κ1) is 18.5. The Balaban J connectivity index is 1.63. The second-order valence-electron chi connectivity index (χ2n) is 6.02. The summed E-state index contributed by atoms with van der Waals surface area (Å²) in [6.45, 7) is 1.92. The number of hydrogen-bond acceptors (Lipinski definition) is 6. The zero-order valence-corrected chi connectivity index (χ0v) is 16.6. The van der Waals surface area contributed by atoms with Crippen LogP contribution >= 0.6 is 23.2 Å². The maximum Gasteiger partial charge on any atom is 0.264 e. The van der Waals surface area contributed by atoms with E-state index >= 15 is 0 Å². The van der Waals surface area contributed by atoms with Crippen molar-refractivity contribution in [3.63, 3.8) is 0 Å². The molecular formula is C20H15Cl2N3O3. The molecule has 6 nitrogen and oxygen atoms in total. The van der Waals surface area contributed by atoms with Crippen molar-refractivity contribution < 1.29 is 14.0 Å². The van der Waals surface area contributed by atoms with Gasteiger partial charge in [0.15, 0.2) is 12.4 Å². The lowest BCUT2D eigenvalue weighted by atomic mass is 10.2. The largest absolute Gasteiger partial charge is 0.496 e. The summed E-state index contributed by atoms with van der Waals surface area (Å²) in [4.78, 5) is 8.88. The van der Waals surface area contributed by atoms with Crippen LogP contribution in [-0.2, 0) is 6.61 Å². The summed E-state index contributed by atoms with van der Waals surface area (Å²) < 4.78 is 16.5. The average Bonchev–Trinajstić information content (AvgIpc) is 3.16. The third-order valence-corrected chi connectivity index (χ3v) is 4.73. The second-order valence-corrected chi connectivity index (χ2v) is 6.83. The Morgan fingerprint density at radius 1 is 1.04 bits per heavy atom. The van der Waals surface area contributed by atoms with Gasteiger partial charge >= 0.3 is 0 Å². The Morgan fingerprint density at radius 3 is 2.68 bits per heavy atom. The number of benzene rings is 2.